The molecule has 1 fully saturated rings. The van der Waals surface area contributed by atoms with Crippen molar-refractivity contribution in [1.82, 2.24) is 4.98 Å². The predicted molar refractivity (Wildman–Crippen MR) is 75.3 cm³/mol. The minimum Gasteiger partial charge on any atom is -0.362 e. The van der Waals surface area contributed by atoms with Gasteiger partial charge in [-0.05, 0) is 31.1 Å². The highest BCUT2D eigenvalue weighted by atomic mass is 16.6. The van der Waals surface area contributed by atoms with Gasteiger partial charge in [0.1, 0.15) is 6.07 Å². The number of pyridine rings is 1. The molecular weight excluding hydrogens is 256 g/mol. The van der Waals surface area contributed by atoms with Crippen LogP contribution in [0.5, 0.6) is 0 Å². The van der Waals surface area contributed by atoms with Crippen LogP contribution in [0.1, 0.15) is 45.1 Å². The monoisotopic (exact) mass is 274 g/mol. The van der Waals surface area contributed by atoms with E-state index in [2.05, 4.69) is 24.1 Å². The van der Waals surface area contributed by atoms with Gasteiger partial charge in [-0.3, -0.25) is 10.1 Å². The van der Waals surface area contributed by atoms with Gasteiger partial charge in [0, 0.05) is 18.3 Å². The fourth-order valence-electron chi connectivity index (χ4n) is 2.50. The molecule has 106 valence electrons. The summed E-state index contributed by atoms with van der Waals surface area (Å²) < 4.78 is 0. The number of anilines is 1. The third kappa shape index (κ3) is 3.23. The van der Waals surface area contributed by atoms with Crippen LogP contribution in [-0.4, -0.2) is 15.9 Å². The van der Waals surface area contributed by atoms with Crippen molar-refractivity contribution in [3.8, 4) is 6.07 Å². The number of aromatic nitrogens is 1. The highest BCUT2D eigenvalue weighted by Gasteiger charge is 2.28. The van der Waals surface area contributed by atoms with Crippen LogP contribution in [0.2, 0.25) is 0 Å². The molecular formula is C14H18N4O2. The van der Waals surface area contributed by atoms with E-state index in [1.54, 1.807) is 0 Å². The first-order valence-corrected chi connectivity index (χ1v) is 6.72. The maximum Gasteiger partial charge on any atom is 0.312 e. The van der Waals surface area contributed by atoms with Crippen LogP contribution >= 0.6 is 0 Å². The van der Waals surface area contributed by atoms with E-state index in [-0.39, 0.29) is 23.1 Å². The second-order valence-corrected chi connectivity index (χ2v) is 6.04. The summed E-state index contributed by atoms with van der Waals surface area (Å²) in [5.41, 5.74) is 0.420. The zero-order chi connectivity index (χ0) is 14.8. The average molecular weight is 274 g/mol. The Morgan fingerprint density at radius 3 is 2.70 bits per heavy atom. The molecule has 0 unspecified atom stereocenters. The number of rotatable bonds is 3. The SMILES string of the molecule is CC1(C)CCC(Nc2ncc(C#N)cc2[N+](=O)[O-])CC1. The van der Waals surface area contributed by atoms with Crippen molar-refractivity contribution in [3.63, 3.8) is 0 Å². The standard InChI is InChI=1S/C14H18N4O2/c1-14(2)5-3-11(4-6-14)17-13-12(18(19)20)7-10(8-15)9-16-13/h7,9,11H,3-6H2,1-2H3,(H,16,17). The van der Waals surface area contributed by atoms with E-state index in [1.807, 2.05) is 6.07 Å². The number of nitro groups is 1. The van der Waals surface area contributed by atoms with E-state index in [4.69, 9.17) is 5.26 Å². The van der Waals surface area contributed by atoms with Gasteiger partial charge in [-0.2, -0.15) is 5.26 Å². The highest BCUT2D eigenvalue weighted by molar-refractivity contribution is 5.58. The maximum atomic E-state index is 11.1. The molecule has 1 saturated carbocycles. The molecule has 0 radical (unpaired) electrons. The second-order valence-electron chi connectivity index (χ2n) is 6.04. The van der Waals surface area contributed by atoms with Crippen molar-refractivity contribution in [2.24, 2.45) is 5.41 Å². The van der Waals surface area contributed by atoms with Crippen LogP contribution < -0.4 is 5.32 Å². The molecule has 0 bridgehead atoms. The van der Waals surface area contributed by atoms with Crippen molar-refractivity contribution < 1.29 is 4.92 Å². The van der Waals surface area contributed by atoms with Crippen LogP contribution in [0.25, 0.3) is 0 Å². The molecule has 1 aliphatic carbocycles. The van der Waals surface area contributed by atoms with E-state index >= 15 is 0 Å². The molecule has 1 aliphatic rings. The third-order valence-electron chi connectivity index (χ3n) is 3.87. The lowest BCUT2D eigenvalue weighted by atomic mass is 9.75. The van der Waals surface area contributed by atoms with Gasteiger partial charge in [0.2, 0.25) is 5.82 Å². The van der Waals surface area contributed by atoms with Gasteiger partial charge in [0.25, 0.3) is 0 Å². The molecule has 1 aromatic heterocycles. The predicted octanol–water partition coefficient (Wildman–Crippen LogP) is 3.24. The molecule has 0 spiro atoms. The molecule has 0 aliphatic heterocycles. The number of nitriles is 1. The van der Waals surface area contributed by atoms with Crippen molar-refractivity contribution >= 4 is 11.5 Å². The van der Waals surface area contributed by atoms with Crippen molar-refractivity contribution in [2.45, 2.75) is 45.6 Å². The Labute approximate surface area is 118 Å². The molecule has 1 N–H and O–H groups in total. The molecule has 0 saturated heterocycles. The highest BCUT2D eigenvalue weighted by Crippen LogP contribution is 2.36. The first kappa shape index (κ1) is 14.3. The Balaban J connectivity index is 2.14. The van der Waals surface area contributed by atoms with Crippen molar-refractivity contribution in [3.05, 3.63) is 27.9 Å². The van der Waals surface area contributed by atoms with Gasteiger partial charge < -0.3 is 5.32 Å². The van der Waals surface area contributed by atoms with E-state index < -0.39 is 4.92 Å². The van der Waals surface area contributed by atoms with E-state index in [9.17, 15) is 10.1 Å². The van der Waals surface area contributed by atoms with Gasteiger partial charge in [-0.25, -0.2) is 4.98 Å². The number of nitrogens with one attached hydrogen (secondary N) is 1. The van der Waals surface area contributed by atoms with Gasteiger partial charge in [0.15, 0.2) is 0 Å². The Hall–Kier alpha value is -2.16. The summed E-state index contributed by atoms with van der Waals surface area (Å²) in [6, 6.07) is 3.35. The van der Waals surface area contributed by atoms with Crippen molar-refractivity contribution in [1.29, 1.82) is 5.26 Å². The normalized spacial score (nSPS) is 18.2. The van der Waals surface area contributed by atoms with Crippen LogP contribution in [0.4, 0.5) is 11.5 Å². The fourth-order valence-corrected chi connectivity index (χ4v) is 2.50. The van der Waals surface area contributed by atoms with Gasteiger partial charge in [0.05, 0.1) is 10.5 Å². The van der Waals surface area contributed by atoms with Crippen LogP contribution in [0.15, 0.2) is 12.3 Å². The van der Waals surface area contributed by atoms with E-state index in [0.29, 0.717) is 5.41 Å². The Morgan fingerprint density at radius 1 is 1.50 bits per heavy atom. The number of hydrogen-bond acceptors (Lipinski definition) is 5. The Morgan fingerprint density at radius 2 is 2.15 bits per heavy atom. The molecule has 0 amide bonds. The maximum absolute atomic E-state index is 11.1. The summed E-state index contributed by atoms with van der Waals surface area (Å²) in [5.74, 6) is 0.263. The van der Waals surface area contributed by atoms with Gasteiger partial charge >= 0.3 is 5.69 Å². The van der Waals surface area contributed by atoms with Crippen LogP contribution in [0.3, 0.4) is 0 Å². The minimum absolute atomic E-state index is 0.131. The van der Waals surface area contributed by atoms with Gasteiger partial charge in [-0.15, -0.1) is 0 Å². The Bertz CT molecular complexity index is 553. The zero-order valence-corrected chi connectivity index (χ0v) is 11.7. The average Bonchev–Trinajstić information content (AvgIpc) is 2.41. The molecule has 20 heavy (non-hydrogen) atoms. The number of nitrogens with zero attached hydrogens (tertiary/aromatic N) is 3. The Kier molecular flexibility index (Phi) is 3.89. The summed E-state index contributed by atoms with van der Waals surface area (Å²) in [6.45, 7) is 4.48. The lowest BCUT2D eigenvalue weighted by molar-refractivity contribution is -0.384. The fraction of sp³-hybridized carbons (Fsp3) is 0.571. The van der Waals surface area contributed by atoms with Crippen LogP contribution in [-0.2, 0) is 0 Å². The first-order chi connectivity index (χ1) is 9.41. The van der Waals surface area contributed by atoms with E-state index in [1.165, 1.54) is 12.3 Å². The lowest BCUT2D eigenvalue weighted by Crippen LogP contribution is -2.30. The third-order valence-corrected chi connectivity index (χ3v) is 3.87. The summed E-state index contributed by atoms with van der Waals surface area (Å²) in [6.07, 6.45) is 5.50. The van der Waals surface area contributed by atoms with Gasteiger partial charge in [-0.1, -0.05) is 13.8 Å². The summed E-state index contributed by atoms with van der Waals surface area (Å²) >= 11 is 0. The summed E-state index contributed by atoms with van der Waals surface area (Å²) in [4.78, 5) is 14.6. The van der Waals surface area contributed by atoms with Crippen molar-refractivity contribution in [2.75, 3.05) is 5.32 Å². The largest absolute Gasteiger partial charge is 0.362 e. The number of hydrogen-bond donors (Lipinski definition) is 1. The van der Waals surface area contributed by atoms with Crippen LogP contribution in [0, 0.1) is 26.9 Å². The molecule has 2 rings (SSSR count). The molecule has 0 aromatic carbocycles. The second kappa shape index (κ2) is 5.45. The minimum atomic E-state index is -0.497. The topological polar surface area (TPSA) is 91.8 Å². The van der Waals surface area contributed by atoms with E-state index in [0.717, 1.165) is 25.7 Å². The summed E-state index contributed by atoms with van der Waals surface area (Å²) in [5, 5.41) is 23.0. The molecule has 0 atom stereocenters. The summed E-state index contributed by atoms with van der Waals surface area (Å²) in [7, 11) is 0. The first-order valence-electron chi connectivity index (χ1n) is 6.72. The quantitative estimate of drug-likeness (QED) is 0.674. The smallest absolute Gasteiger partial charge is 0.312 e. The zero-order valence-electron chi connectivity index (χ0n) is 11.7. The molecule has 1 aromatic rings. The molecule has 6 heteroatoms. The molecule has 1 heterocycles. The lowest BCUT2D eigenvalue weighted by Gasteiger charge is -2.34. The molecule has 6 nitrogen and oxygen atoms in total.